The Morgan fingerprint density at radius 3 is 2.29 bits per heavy atom. The van der Waals surface area contributed by atoms with Crippen LogP contribution in [0.3, 0.4) is 0 Å². The van der Waals surface area contributed by atoms with Crippen LogP contribution in [0.15, 0.2) is 48.5 Å². The van der Waals surface area contributed by atoms with E-state index in [0.717, 1.165) is 35.2 Å². The lowest BCUT2D eigenvalue weighted by atomic mass is 9.97. The lowest BCUT2D eigenvalue weighted by molar-refractivity contribution is -0.274. The quantitative estimate of drug-likeness (QED) is 0.355. The van der Waals surface area contributed by atoms with Crippen LogP contribution in [0.1, 0.15) is 23.6 Å². The Labute approximate surface area is 158 Å². The highest BCUT2D eigenvalue weighted by atomic mass is 19.4. The van der Waals surface area contributed by atoms with Gasteiger partial charge in [0.15, 0.2) is 0 Å². The third kappa shape index (κ3) is 3.23. The van der Waals surface area contributed by atoms with Gasteiger partial charge in [-0.05, 0) is 52.4 Å². The smallest absolute Gasteiger partial charge is 0.406 e. The minimum Gasteiger partial charge on any atom is -0.406 e. The molecule has 0 spiro atoms. The second kappa shape index (κ2) is 6.62. The van der Waals surface area contributed by atoms with E-state index in [1.165, 1.54) is 18.2 Å². The van der Waals surface area contributed by atoms with Crippen LogP contribution in [-0.4, -0.2) is 6.36 Å². The van der Waals surface area contributed by atoms with E-state index in [9.17, 15) is 17.6 Å². The fourth-order valence-electron chi connectivity index (χ4n) is 3.63. The highest BCUT2D eigenvalue weighted by Gasteiger charge is 2.31. The van der Waals surface area contributed by atoms with Crippen LogP contribution in [0.25, 0.3) is 22.3 Å². The molecule has 6 heteroatoms. The van der Waals surface area contributed by atoms with Gasteiger partial charge in [-0.15, -0.1) is 13.2 Å². The van der Waals surface area contributed by atoms with Crippen molar-refractivity contribution in [3.63, 3.8) is 0 Å². The van der Waals surface area contributed by atoms with E-state index in [2.05, 4.69) is 4.74 Å². The number of aryl methyl sites for hydroxylation is 1. The monoisotopic (exact) mass is 390 g/mol. The predicted molar refractivity (Wildman–Crippen MR) is 96.1 cm³/mol. The van der Waals surface area contributed by atoms with Gasteiger partial charge >= 0.3 is 6.36 Å². The van der Waals surface area contributed by atoms with Gasteiger partial charge in [-0.25, -0.2) is 8.78 Å². The molecule has 0 N–H and O–H groups in total. The molecule has 0 bridgehead atoms. The average Bonchev–Trinajstić information content (AvgIpc) is 3.00. The fraction of sp³-hybridized carbons (Fsp3) is 0.182. The number of hydrogen-bond donors (Lipinski definition) is 0. The molecule has 144 valence electrons. The van der Waals surface area contributed by atoms with E-state index in [-0.39, 0.29) is 11.1 Å². The van der Waals surface area contributed by atoms with Crippen LogP contribution >= 0.6 is 0 Å². The number of fused-ring (bicyclic) bond motifs is 3. The molecule has 1 aliphatic rings. The molecule has 0 amide bonds. The van der Waals surface area contributed by atoms with E-state index in [4.69, 9.17) is 0 Å². The number of halogens is 5. The summed E-state index contributed by atoms with van der Waals surface area (Å²) in [7, 11) is 0. The topological polar surface area (TPSA) is 9.23 Å². The van der Waals surface area contributed by atoms with Gasteiger partial charge in [-0.3, -0.25) is 0 Å². The van der Waals surface area contributed by atoms with Crippen molar-refractivity contribution in [1.82, 2.24) is 0 Å². The van der Waals surface area contributed by atoms with Crippen molar-refractivity contribution in [3.8, 4) is 28.0 Å². The summed E-state index contributed by atoms with van der Waals surface area (Å²) in [5.74, 6) is -1.89. The molecule has 0 heterocycles. The van der Waals surface area contributed by atoms with Crippen molar-refractivity contribution in [3.05, 3.63) is 76.9 Å². The zero-order valence-electron chi connectivity index (χ0n) is 14.8. The van der Waals surface area contributed by atoms with Crippen LogP contribution in [0, 0.1) is 11.6 Å². The second-order valence-corrected chi connectivity index (χ2v) is 6.67. The molecule has 0 saturated heterocycles. The van der Waals surface area contributed by atoms with Crippen LogP contribution < -0.4 is 4.74 Å². The van der Waals surface area contributed by atoms with Gasteiger partial charge in [0.25, 0.3) is 0 Å². The number of rotatable bonds is 3. The number of alkyl halides is 3. The molecule has 3 aromatic rings. The maximum absolute atomic E-state index is 15.2. The molecule has 4 rings (SSSR count). The van der Waals surface area contributed by atoms with E-state index in [0.29, 0.717) is 17.5 Å². The SMILES string of the molecule is CCc1ccc2c(c1)Cc1c-2cc(F)c(-c2ccc(OC(F)(F)F)cc2)c1F. The second-order valence-electron chi connectivity index (χ2n) is 6.67. The summed E-state index contributed by atoms with van der Waals surface area (Å²) in [6.45, 7) is 2.02. The summed E-state index contributed by atoms with van der Waals surface area (Å²) in [5, 5.41) is 0. The Bertz CT molecular complexity index is 1050. The Morgan fingerprint density at radius 2 is 1.64 bits per heavy atom. The fourth-order valence-corrected chi connectivity index (χ4v) is 3.63. The first-order valence-electron chi connectivity index (χ1n) is 8.76. The number of ether oxygens (including phenoxy) is 1. The standard InChI is InChI=1S/C22H15F5O/c1-2-12-3-8-16-14(9-12)10-18-17(16)11-19(23)20(21(18)24)13-4-6-15(7-5-13)28-22(25,26)27/h3-9,11H,2,10H2,1H3. The summed E-state index contributed by atoms with van der Waals surface area (Å²) in [4.78, 5) is 0. The highest BCUT2D eigenvalue weighted by molar-refractivity contribution is 5.81. The molecule has 0 atom stereocenters. The average molecular weight is 390 g/mol. The van der Waals surface area contributed by atoms with Gasteiger partial charge in [0.05, 0.1) is 5.56 Å². The molecule has 0 saturated carbocycles. The number of hydrogen-bond acceptors (Lipinski definition) is 1. The van der Waals surface area contributed by atoms with Crippen molar-refractivity contribution >= 4 is 0 Å². The van der Waals surface area contributed by atoms with Gasteiger partial charge in [0, 0.05) is 12.0 Å². The van der Waals surface area contributed by atoms with Crippen molar-refractivity contribution in [1.29, 1.82) is 0 Å². The summed E-state index contributed by atoms with van der Waals surface area (Å²) in [6, 6.07) is 11.6. The molecule has 28 heavy (non-hydrogen) atoms. The first kappa shape index (κ1) is 18.5. The highest BCUT2D eigenvalue weighted by Crippen LogP contribution is 2.42. The molecular formula is C22H15F5O. The maximum atomic E-state index is 15.2. The van der Waals surface area contributed by atoms with Crippen LogP contribution in [0.2, 0.25) is 0 Å². The molecular weight excluding hydrogens is 375 g/mol. The zero-order valence-corrected chi connectivity index (χ0v) is 14.8. The minimum atomic E-state index is -4.82. The Kier molecular flexibility index (Phi) is 4.37. The zero-order chi connectivity index (χ0) is 20.1. The summed E-state index contributed by atoms with van der Waals surface area (Å²) < 4.78 is 70.6. The van der Waals surface area contributed by atoms with Gasteiger partial charge < -0.3 is 4.74 Å². The van der Waals surface area contributed by atoms with E-state index in [1.54, 1.807) is 0 Å². The lowest BCUT2D eigenvalue weighted by Gasteiger charge is -2.12. The normalized spacial score (nSPS) is 12.6. The van der Waals surface area contributed by atoms with Gasteiger partial charge in [-0.2, -0.15) is 0 Å². The summed E-state index contributed by atoms with van der Waals surface area (Å²) in [6.07, 6.45) is -3.63. The maximum Gasteiger partial charge on any atom is 0.573 e. The molecule has 0 aliphatic heterocycles. The summed E-state index contributed by atoms with van der Waals surface area (Å²) >= 11 is 0. The summed E-state index contributed by atoms with van der Waals surface area (Å²) in [5.41, 5.74) is 3.69. The van der Waals surface area contributed by atoms with Crippen LogP contribution in [0.5, 0.6) is 5.75 Å². The van der Waals surface area contributed by atoms with E-state index in [1.807, 2.05) is 25.1 Å². The van der Waals surface area contributed by atoms with Crippen molar-refractivity contribution in [2.75, 3.05) is 0 Å². The number of benzene rings is 3. The Morgan fingerprint density at radius 1 is 0.929 bits per heavy atom. The first-order valence-corrected chi connectivity index (χ1v) is 8.76. The van der Waals surface area contributed by atoms with Gasteiger partial charge in [0.1, 0.15) is 17.4 Å². The van der Waals surface area contributed by atoms with E-state index >= 15 is 4.39 Å². The molecule has 0 unspecified atom stereocenters. The predicted octanol–water partition coefficient (Wildman–Crippen LogP) is 6.66. The molecule has 0 aromatic heterocycles. The van der Waals surface area contributed by atoms with Gasteiger partial charge in [-0.1, -0.05) is 37.3 Å². The van der Waals surface area contributed by atoms with Crippen molar-refractivity contribution in [2.45, 2.75) is 26.1 Å². The molecule has 1 aliphatic carbocycles. The molecule has 1 nitrogen and oxygen atoms in total. The molecule has 0 fully saturated rings. The van der Waals surface area contributed by atoms with Crippen molar-refractivity contribution in [2.24, 2.45) is 0 Å². The van der Waals surface area contributed by atoms with Crippen LogP contribution in [0.4, 0.5) is 22.0 Å². The Balaban J connectivity index is 1.74. The minimum absolute atomic E-state index is 0.150. The van der Waals surface area contributed by atoms with Crippen molar-refractivity contribution < 1.29 is 26.7 Å². The molecule has 0 radical (unpaired) electrons. The van der Waals surface area contributed by atoms with Gasteiger partial charge in [0.2, 0.25) is 0 Å². The van der Waals surface area contributed by atoms with Crippen LogP contribution in [-0.2, 0) is 12.8 Å². The lowest BCUT2D eigenvalue weighted by Crippen LogP contribution is -2.16. The molecule has 3 aromatic carbocycles. The third-order valence-electron chi connectivity index (χ3n) is 4.93. The Hall–Kier alpha value is -2.89. The third-order valence-corrected chi connectivity index (χ3v) is 4.93. The largest absolute Gasteiger partial charge is 0.573 e. The first-order chi connectivity index (χ1) is 13.3. The van der Waals surface area contributed by atoms with E-state index < -0.39 is 23.7 Å².